The Morgan fingerprint density at radius 2 is 2.21 bits per heavy atom. The van der Waals surface area contributed by atoms with E-state index in [4.69, 9.17) is 23.2 Å². The summed E-state index contributed by atoms with van der Waals surface area (Å²) in [5, 5.41) is 1.44. The average molecular weight is 315 g/mol. The van der Waals surface area contributed by atoms with Crippen LogP contribution in [-0.2, 0) is 12.3 Å². The van der Waals surface area contributed by atoms with Gasteiger partial charge < -0.3 is 4.57 Å². The van der Waals surface area contributed by atoms with E-state index in [0.717, 1.165) is 28.6 Å². The number of thioether (sulfide) groups is 1. The number of hydrogen-bond donors (Lipinski definition) is 0. The van der Waals surface area contributed by atoms with Crippen LogP contribution in [0.2, 0.25) is 10.0 Å². The fourth-order valence-electron chi connectivity index (χ4n) is 1.82. The Morgan fingerprint density at radius 1 is 1.37 bits per heavy atom. The van der Waals surface area contributed by atoms with Crippen LogP contribution in [0.4, 0.5) is 0 Å². The molecule has 0 saturated carbocycles. The lowest BCUT2D eigenvalue weighted by atomic mass is 10.2. The van der Waals surface area contributed by atoms with Crippen molar-refractivity contribution in [1.82, 2.24) is 9.55 Å². The highest BCUT2D eigenvalue weighted by molar-refractivity contribution is 7.98. The Labute approximate surface area is 128 Å². The normalized spacial score (nSPS) is 12.6. The molecule has 0 aliphatic carbocycles. The number of imidazole rings is 1. The van der Waals surface area contributed by atoms with Gasteiger partial charge in [0.15, 0.2) is 0 Å². The summed E-state index contributed by atoms with van der Waals surface area (Å²) in [6, 6.07) is 5.68. The number of benzene rings is 1. The molecule has 0 bridgehead atoms. The molecule has 1 unspecified atom stereocenters. The molecule has 0 amide bonds. The summed E-state index contributed by atoms with van der Waals surface area (Å²) in [5.74, 6) is 2.62. The molecule has 1 aromatic carbocycles. The highest BCUT2D eigenvalue weighted by Gasteiger charge is 2.05. The largest absolute Gasteiger partial charge is 0.337 e. The maximum Gasteiger partial charge on any atom is 0.0945 e. The second kappa shape index (κ2) is 7.22. The molecule has 1 heterocycles. The Morgan fingerprint density at radius 3 is 2.89 bits per heavy atom. The summed E-state index contributed by atoms with van der Waals surface area (Å²) in [4.78, 5) is 4.05. The van der Waals surface area contributed by atoms with Gasteiger partial charge in [-0.05, 0) is 29.4 Å². The monoisotopic (exact) mass is 314 g/mol. The molecule has 1 aromatic heterocycles. The van der Waals surface area contributed by atoms with Crippen molar-refractivity contribution in [1.29, 1.82) is 0 Å². The lowest BCUT2D eigenvalue weighted by Crippen LogP contribution is -2.08. The second-order valence-corrected chi connectivity index (χ2v) is 6.49. The molecular formula is C14H16Cl2N2S. The SMILES string of the molecule is CC(CSCc1ccc(Cl)cc1Cl)Cn1ccnc1. The summed E-state index contributed by atoms with van der Waals surface area (Å²) < 4.78 is 2.11. The van der Waals surface area contributed by atoms with Gasteiger partial charge in [0.1, 0.15) is 0 Å². The third-order valence-electron chi connectivity index (χ3n) is 2.76. The van der Waals surface area contributed by atoms with E-state index < -0.39 is 0 Å². The number of rotatable bonds is 6. The molecule has 1 atom stereocenters. The van der Waals surface area contributed by atoms with Crippen molar-refractivity contribution in [2.45, 2.75) is 19.2 Å². The summed E-state index contributed by atoms with van der Waals surface area (Å²) in [6.45, 7) is 3.25. The van der Waals surface area contributed by atoms with E-state index in [1.807, 2.05) is 42.6 Å². The first-order chi connectivity index (χ1) is 9.15. The van der Waals surface area contributed by atoms with Gasteiger partial charge in [-0.25, -0.2) is 4.98 Å². The smallest absolute Gasteiger partial charge is 0.0945 e. The maximum atomic E-state index is 6.15. The number of aromatic nitrogens is 2. The van der Waals surface area contributed by atoms with Gasteiger partial charge in [0.25, 0.3) is 0 Å². The lowest BCUT2D eigenvalue weighted by Gasteiger charge is -2.12. The molecule has 102 valence electrons. The molecule has 2 nitrogen and oxygen atoms in total. The Bertz CT molecular complexity index is 514. The van der Waals surface area contributed by atoms with Crippen molar-refractivity contribution in [3.05, 3.63) is 52.5 Å². The van der Waals surface area contributed by atoms with Crippen LogP contribution < -0.4 is 0 Å². The van der Waals surface area contributed by atoms with E-state index in [1.165, 1.54) is 0 Å². The number of halogens is 2. The van der Waals surface area contributed by atoms with Gasteiger partial charge in [-0.3, -0.25) is 0 Å². The number of nitrogens with zero attached hydrogens (tertiary/aromatic N) is 2. The zero-order valence-corrected chi connectivity index (χ0v) is 13.0. The van der Waals surface area contributed by atoms with Gasteiger partial charge >= 0.3 is 0 Å². The molecule has 0 aliphatic rings. The minimum Gasteiger partial charge on any atom is -0.337 e. The Kier molecular flexibility index (Phi) is 5.61. The summed E-state index contributed by atoms with van der Waals surface area (Å²) in [5.41, 5.74) is 1.14. The molecule has 0 spiro atoms. The van der Waals surface area contributed by atoms with Crippen LogP contribution in [0.3, 0.4) is 0 Å². The van der Waals surface area contributed by atoms with E-state index in [9.17, 15) is 0 Å². The Balaban J connectivity index is 1.76. The van der Waals surface area contributed by atoms with Crippen molar-refractivity contribution in [2.75, 3.05) is 5.75 Å². The predicted octanol–water partition coefficient (Wildman–Crippen LogP) is 4.76. The van der Waals surface area contributed by atoms with Crippen LogP contribution in [-0.4, -0.2) is 15.3 Å². The van der Waals surface area contributed by atoms with Crippen LogP contribution in [0.15, 0.2) is 36.9 Å². The van der Waals surface area contributed by atoms with Crippen molar-refractivity contribution >= 4 is 35.0 Å². The fourth-order valence-corrected chi connectivity index (χ4v) is 3.47. The first-order valence-electron chi connectivity index (χ1n) is 6.12. The standard InChI is InChI=1S/C14H16Cl2N2S/c1-11(7-18-5-4-17-10-18)8-19-9-12-2-3-13(15)6-14(12)16/h2-6,10-11H,7-9H2,1H3. The van der Waals surface area contributed by atoms with Gasteiger partial charge in [-0.15, -0.1) is 0 Å². The Hall–Kier alpha value is -0.640. The summed E-state index contributed by atoms with van der Waals surface area (Å²) in [6.07, 6.45) is 5.67. The first kappa shape index (κ1) is 14.8. The molecule has 0 radical (unpaired) electrons. The maximum absolute atomic E-state index is 6.15. The molecule has 0 fully saturated rings. The predicted molar refractivity (Wildman–Crippen MR) is 84.0 cm³/mol. The van der Waals surface area contributed by atoms with E-state index in [1.54, 1.807) is 6.07 Å². The summed E-state index contributed by atoms with van der Waals surface area (Å²) >= 11 is 13.9. The first-order valence-corrected chi connectivity index (χ1v) is 8.03. The van der Waals surface area contributed by atoms with Crippen molar-refractivity contribution in [3.8, 4) is 0 Å². The minimum absolute atomic E-state index is 0.602. The highest BCUT2D eigenvalue weighted by Crippen LogP contribution is 2.25. The topological polar surface area (TPSA) is 17.8 Å². The summed E-state index contributed by atoms with van der Waals surface area (Å²) in [7, 11) is 0. The molecule has 0 N–H and O–H groups in total. The zero-order chi connectivity index (χ0) is 13.7. The van der Waals surface area contributed by atoms with Gasteiger partial charge in [0.2, 0.25) is 0 Å². The lowest BCUT2D eigenvalue weighted by molar-refractivity contribution is 0.530. The van der Waals surface area contributed by atoms with Gasteiger partial charge in [0, 0.05) is 34.7 Å². The number of hydrogen-bond acceptors (Lipinski definition) is 2. The van der Waals surface area contributed by atoms with Crippen LogP contribution in [0, 0.1) is 5.92 Å². The fraction of sp³-hybridized carbons (Fsp3) is 0.357. The van der Waals surface area contributed by atoms with Gasteiger partial charge in [-0.1, -0.05) is 36.2 Å². The van der Waals surface area contributed by atoms with E-state index in [0.29, 0.717) is 10.9 Å². The minimum atomic E-state index is 0.602. The second-order valence-electron chi connectivity index (χ2n) is 4.62. The molecule has 0 saturated heterocycles. The van der Waals surface area contributed by atoms with Gasteiger partial charge in [-0.2, -0.15) is 11.8 Å². The van der Waals surface area contributed by atoms with Gasteiger partial charge in [0.05, 0.1) is 6.33 Å². The van der Waals surface area contributed by atoms with Crippen LogP contribution in [0.1, 0.15) is 12.5 Å². The van der Waals surface area contributed by atoms with Crippen LogP contribution in [0.25, 0.3) is 0 Å². The molecule has 5 heteroatoms. The van der Waals surface area contributed by atoms with Crippen LogP contribution >= 0.6 is 35.0 Å². The third-order valence-corrected chi connectivity index (χ3v) is 4.66. The molecule has 2 aromatic rings. The quantitative estimate of drug-likeness (QED) is 0.765. The third kappa shape index (κ3) is 4.75. The zero-order valence-electron chi connectivity index (χ0n) is 10.7. The van der Waals surface area contributed by atoms with E-state index in [2.05, 4.69) is 16.5 Å². The van der Waals surface area contributed by atoms with E-state index >= 15 is 0 Å². The average Bonchev–Trinajstić information content (AvgIpc) is 2.84. The van der Waals surface area contributed by atoms with E-state index in [-0.39, 0.29) is 0 Å². The van der Waals surface area contributed by atoms with Crippen molar-refractivity contribution in [3.63, 3.8) is 0 Å². The van der Waals surface area contributed by atoms with Crippen molar-refractivity contribution in [2.24, 2.45) is 5.92 Å². The molecule has 2 rings (SSSR count). The molecular weight excluding hydrogens is 299 g/mol. The van der Waals surface area contributed by atoms with Crippen LogP contribution in [0.5, 0.6) is 0 Å². The highest BCUT2D eigenvalue weighted by atomic mass is 35.5. The molecule has 0 aliphatic heterocycles. The van der Waals surface area contributed by atoms with Crippen molar-refractivity contribution < 1.29 is 0 Å². The molecule has 19 heavy (non-hydrogen) atoms.